The van der Waals surface area contributed by atoms with Gasteiger partial charge in [-0.15, -0.1) is 11.3 Å². The van der Waals surface area contributed by atoms with Crippen molar-refractivity contribution in [3.8, 4) is 22.5 Å². The SMILES string of the molecule is C=C/C=C(/c1cccs1)c1cc(-c2n[nH]c3ccc(-c4cncc(NC(=O)C(C)C)c4)cc23)[nH]c1C. The molecule has 7 heteroatoms. The number of hydrogen-bond acceptors (Lipinski definition) is 4. The Morgan fingerprint density at radius 2 is 2.00 bits per heavy atom. The summed E-state index contributed by atoms with van der Waals surface area (Å²) in [6.07, 6.45) is 7.33. The molecule has 1 amide bonds. The number of pyridine rings is 1. The van der Waals surface area contributed by atoms with Crippen LogP contribution in [0.4, 0.5) is 5.69 Å². The lowest BCUT2D eigenvalue weighted by Gasteiger charge is -2.09. The molecular weight excluding hydrogens is 466 g/mol. The fraction of sp³-hybridized carbons (Fsp3) is 0.138. The molecule has 0 spiro atoms. The summed E-state index contributed by atoms with van der Waals surface area (Å²) in [5, 5.41) is 13.8. The first-order chi connectivity index (χ1) is 17.4. The molecule has 0 radical (unpaired) electrons. The van der Waals surface area contributed by atoms with E-state index in [1.54, 1.807) is 23.7 Å². The molecule has 0 saturated heterocycles. The van der Waals surface area contributed by atoms with E-state index in [0.717, 1.165) is 50.2 Å². The summed E-state index contributed by atoms with van der Waals surface area (Å²) in [5.74, 6) is -0.138. The third kappa shape index (κ3) is 4.53. The van der Waals surface area contributed by atoms with E-state index in [1.165, 1.54) is 4.88 Å². The van der Waals surface area contributed by atoms with Crippen LogP contribution in [-0.2, 0) is 4.79 Å². The number of thiophene rings is 1. The second-order valence-corrected chi connectivity index (χ2v) is 9.90. The number of benzene rings is 1. The largest absolute Gasteiger partial charge is 0.357 e. The highest BCUT2D eigenvalue weighted by atomic mass is 32.1. The summed E-state index contributed by atoms with van der Waals surface area (Å²) in [7, 11) is 0. The number of allylic oxidation sites excluding steroid dienone is 2. The average Bonchev–Trinajstić information content (AvgIpc) is 3.62. The van der Waals surface area contributed by atoms with Crippen LogP contribution in [-0.4, -0.2) is 26.1 Å². The van der Waals surface area contributed by atoms with E-state index >= 15 is 0 Å². The number of carbonyl (C=O) groups is 1. The lowest BCUT2D eigenvalue weighted by Crippen LogP contribution is -2.17. The maximum atomic E-state index is 12.1. The number of nitrogens with one attached hydrogen (secondary N) is 3. The predicted octanol–water partition coefficient (Wildman–Crippen LogP) is 7.20. The Balaban J connectivity index is 1.53. The topological polar surface area (TPSA) is 86.5 Å². The van der Waals surface area contributed by atoms with Crippen molar-refractivity contribution in [2.75, 3.05) is 5.32 Å². The van der Waals surface area contributed by atoms with Crippen molar-refractivity contribution < 1.29 is 4.79 Å². The van der Waals surface area contributed by atoms with Crippen molar-refractivity contribution in [3.05, 3.63) is 95.1 Å². The van der Waals surface area contributed by atoms with Crippen LogP contribution in [0.15, 0.2) is 79.0 Å². The molecule has 0 aliphatic carbocycles. The van der Waals surface area contributed by atoms with Gasteiger partial charge in [0.15, 0.2) is 0 Å². The van der Waals surface area contributed by atoms with E-state index in [4.69, 9.17) is 0 Å². The normalized spacial score (nSPS) is 11.8. The minimum absolute atomic E-state index is 0.0353. The number of nitrogens with zero attached hydrogens (tertiary/aromatic N) is 2. The smallest absolute Gasteiger partial charge is 0.226 e. The Labute approximate surface area is 213 Å². The van der Waals surface area contributed by atoms with Gasteiger partial charge in [-0.2, -0.15) is 5.10 Å². The van der Waals surface area contributed by atoms with Crippen LogP contribution in [0.5, 0.6) is 0 Å². The van der Waals surface area contributed by atoms with Crippen molar-refractivity contribution in [3.63, 3.8) is 0 Å². The molecule has 0 saturated carbocycles. The Hall–Kier alpha value is -4.23. The molecule has 4 aromatic heterocycles. The number of aromatic amines is 2. The number of amides is 1. The summed E-state index contributed by atoms with van der Waals surface area (Å²) in [6.45, 7) is 9.71. The van der Waals surface area contributed by atoms with Crippen molar-refractivity contribution in [1.29, 1.82) is 0 Å². The molecule has 6 nitrogen and oxygen atoms in total. The molecule has 36 heavy (non-hydrogen) atoms. The number of rotatable bonds is 7. The molecule has 1 aromatic carbocycles. The van der Waals surface area contributed by atoms with Crippen molar-refractivity contribution >= 4 is 39.4 Å². The first-order valence-electron chi connectivity index (χ1n) is 11.8. The number of aromatic nitrogens is 4. The van der Waals surface area contributed by atoms with Crippen molar-refractivity contribution in [2.24, 2.45) is 5.92 Å². The van der Waals surface area contributed by atoms with Gasteiger partial charge in [-0.25, -0.2) is 0 Å². The zero-order chi connectivity index (χ0) is 25.2. The Morgan fingerprint density at radius 3 is 2.75 bits per heavy atom. The van der Waals surface area contributed by atoms with Gasteiger partial charge in [0.2, 0.25) is 5.91 Å². The fourth-order valence-electron chi connectivity index (χ4n) is 4.17. The number of carbonyl (C=O) groups excluding carboxylic acids is 1. The maximum Gasteiger partial charge on any atom is 0.226 e. The second kappa shape index (κ2) is 9.79. The number of H-pyrrole nitrogens is 2. The van der Waals surface area contributed by atoms with Crippen LogP contribution in [0, 0.1) is 12.8 Å². The predicted molar refractivity (Wildman–Crippen MR) is 149 cm³/mol. The fourth-order valence-corrected chi connectivity index (χ4v) is 4.94. The lowest BCUT2D eigenvalue weighted by atomic mass is 10.0. The molecule has 5 aromatic rings. The summed E-state index contributed by atoms with van der Waals surface area (Å²) < 4.78 is 0. The highest BCUT2D eigenvalue weighted by molar-refractivity contribution is 7.11. The van der Waals surface area contributed by atoms with Crippen molar-refractivity contribution in [1.82, 2.24) is 20.2 Å². The van der Waals surface area contributed by atoms with Gasteiger partial charge in [0.25, 0.3) is 0 Å². The number of aryl methyl sites for hydroxylation is 1. The standard InChI is InChI=1S/C29H27N5OS/c1-5-7-22(27-8-6-11-36-27)23-14-26(31-18(23)4)28-24-13-19(9-10-25(24)33-34-28)20-12-21(16-30-15-20)32-29(35)17(2)3/h5-17,31H,1H2,2-4H3,(H,32,35)(H,33,34)/b22-7+. The quantitative estimate of drug-likeness (QED) is 0.210. The zero-order valence-electron chi connectivity index (χ0n) is 20.4. The molecule has 0 fully saturated rings. The molecule has 0 aliphatic heterocycles. The van der Waals surface area contributed by atoms with Crippen LogP contribution >= 0.6 is 11.3 Å². The van der Waals surface area contributed by atoms with Crippen LogP contribution in [0.2, 0.25) is 0 Å². The summed E-state index contributed by atoms with van der Waals surface area (Å²) in [4.78, 5) is 21.2. The van der Waals surface area contributed by atoms with Gasteiger partial charge in [0, 0.05) is 44.8 Å². The lowest BCUT2D eigenvalue weighted by molar-refractivity contribution is -0.118. The highest BCUT2D eigenvalue weighted by Gasteiger charge is 2.17. The minimum atomic E-state index is -0.103. The van der Waals surface area contributed by atoms with Crippen LogP contribution < -0.4 is 5.32 Å². The number of fused-ring (bicyclic) bond motifs is 1. The van der Waals surface area contributed by atoms with E-state index in [1.807, 2.05) is 44.2 Å². The Kier molecular flexibility index (Phi) is 6.40. The highest BCUT2D eigenvalue weighted by Crippen LogP contribution is 2.35. The monoisotopic (exact) mass is 493 g/mol. The third-order valence-electron chi connectivity index (χ3n) is 6.06. The van der Waals surface area contributed by atoms with Crippen LogP contribution in [0.1, 0.15) is 30.0 Å². The van der Waals surface area contributed by atoms with Gasteiger partial charge in [0.1, 0.15) is 5.69 Å². The molecule has 180 valence electrons. The maximum absolute atomic E-state index is 12.1. The molecule has 0 bridgehead atoms. The average molecular weight is 494 g/mol. The summed E-state index contributed by atoms with van der Waals surface area (Å²) in [5.41, 5.74) is 8.64. The van der Waals surface area contributed by atoms with E-state index in [0.29, 0.717) is 5.69 Å². The Bertz CT molecular complexity index is 1590. The van der Waals surface area contributed by atoms with Gasteiger partial charge in [-0.05, 0) is 48.2 Å². The molecule has 0 unspecified atom stereocenters. The van der Waals surface area contributed by atoms with Gasteiger partial charge in [-0.1, -0.05) is 44.7 Å². The Morgan fingerprint density at radius 1 is 1.14 bits per heavy atom. The second-order valence-electron chi connectivity index (χ2n) is 8.95. The first-order valence-corrected chi connectivity index (χ1v) is 12.6. The number of hydrogen-bond donors (Lipinski definition) is 3. The van der Waals surface area contributed by atoms with Gasteiger partial charge >= 0.3 is 0 Å². The van der Waals surface area contributed by atoms with E-state index in [-0.39, 0.29) is 11.8 Å². The van der Waals surface area contributed by atoms with Gasteiger partial charge in [0.05, 0.1) is 23.1 Å². The molecule has 4 heterocycles. The molecular formula is C29H27N5OS. The van der Waals surface area contributed by atoms with E-state index in [2.05, 4.69) is 68.6 Å². The van der Waals surface area contributed by atoms with Gasteiger partial charge in [-0.3, -0.25) is 14.9 Å². The van der Waals surface area contributed by atoms with Crippen LogP contribution in [0.25, 0.3) is 39.0 Å². The molecule has 0 aliphatic rings. The van der Waals surface area contributed by atoms with Crippen LogP contribution in [0.3, 0.4) is 0 Å². The first kappa shape index (κ1) is 23.5. The third-order valence-corrected chi connectivity index (χ3v) is 6.96. The molecule has 0 atom stereocenters. The van der Waals surface area contributed by atoms with E-state index < -0.39 is 0 Å². The molecule has 5 rings (SSSR count). The van der Waals surface area contributed by atoms with Gasteiger partial charge < -0.3 is 10.3 Å². The zero-order valence-corrected chi connectivity index (χ0v) is 21.2. The van der Waals surface area contributed by atoms with E-state index in [9.17, 15) is 4.79 Å². The molecule has 3 N–H and O–H groups in total. The number of anilines is 1. The summed E-state index contributed by atoms with van der Waals surface area (Å²) >= 11 is 1.71. The minimum Gasteiger partial charge on any atom is -0.357 e. The van der Waals surface area contributed by atoms with Crippen molar-refractivity contribution in [2.45, 2.75) is 20.8 Å². The summed E-state index contributed by atoms with van der Waals surface area (Å²) in [6, 6.07) is 14.4.